The minimum absolute atomic E-state index is 0.0961. The zero-order valence-corrected chi connectivity index (χ0v) is 12.6. The molecule has 0 aliphatic rings. The van der Waals surface area contributed by atoms with Gasteiger partial charge in [-0.25, -0.2) is 0 Å². The van der Waals surface area contributed by atoms with Crippen molar-refractivity contribution in [2.75, 3.05) is 5.94 Å². The Balaban J connectivity index is 2.02. The molecular formula is C13H10BrNO4S. The number of thioether (sulfide) groups is 1. The maximum absolute atomic E-state index is 10.7. The minimum atomic E-state index is -0.534. The lowest BCUT2D eigenvalue weighted by molar-refractivity contribution is -0.385. The van der Waals surface area contributed by atoms with Crippen LogP contribution in [0, 0.1) is 10.1 Å². The van der Waals surface area contributed by atoms with Gasteiger partial charge >= 0.3 is 0 Å². The smallest absolute Gasteiger partial charge is 0.273 e. The second-order valence-corrected chi connectivity index (χ2v) is 5.56. The zero-order valence-electron chi connectivity index (χ0n) is 10.2. The fourth-order valence-corrected chi connectivity index (χ4v) is 2.77. The van der Waals surface area contributed by atoms with Crippen molar-refractivity contribution in [2.24, 2.45) is 0 Å². The zero-order chi connectivity index (χ0) is 14.5. The monoisotopic (exact) mass is 355 g/mol. The number of nitro groups is 1. The molecule has 0 saturated heterocycles. The molecule has 0 radical (unpaired) electrons. The van der Waals surface area contributed by atoms with E-state index in [-0.39, 0.29) is 23.1 Å². The van der Waals surface area contributed by atoms with E-state index in [0.29, 0.717) is 0 Å². The summed E-state index contributed by atoms with van der Waals surface area (Å²) in [5.41, 5.74) is -0.122. The summed E-state index contributed by atoms with van der Waals surface area (Å²) in [5, 5.41) is 20.3. The van der Waals surface area contributed by atoms with Crippen molar-refractivity contribution in [3.8, 4) is 11.5 Å². The first-order valence-corrected chi connectivity index (χ1v) is 7.33. The molecule has 0 bridgehead atoms. The molecule has 20 heavy (non-hydrogen) atoms. The molecule has 2 aromatic rings. The maximum Gasteiger partial charge on any atom is 0.273 e. The summed E-state index contributed by atoms with van der Waals surface area (Å²) >= 11 is 4.83. The standard InChI is InChI=1S/C13H10BrNO4S/c14-10-3-1-2-4-13(10)20-8-19-12-7-9(15(17)18)5-6-11(12)16/h1-7,16H,8H2. The van der Waals surface area contributed by atoms with Crippen molar-refractivity contribution in [3.05, 3.63) is 57.1 Å². The Hall–Kier alpha value is -1.73. The Bertz CT molecular complexity index is 636. The van der Waals surface area contributed by atoms with E-state index in [4.69, 9.17) is 4.74 Å². The molecule has 0 atom stereocenters. The molecule has 104 valence electrons. The fraction of sp³-hybridized carbons (Fsp3) is 0.0769. The Morgan fingerprint density at radius 3 is 2.75 bits per heavy atom. The largest absolute Gasteiger partial charge is 0.504 e. The molecule has 2 aromatic carbocycles. The second kappa shape index (κ2) is 6.62. The lowest BCUT2D eigenvalue weighted by Crippen LogP contribution is -1.95. The number of rotatable bonds is 5. The molecule has 0 unspecified atom stereocenters. The van der Waals surface area contributed by atoms with Crippen molar-refractivity contribution in [3.63, 3.8) is 0 Å². The lowest BCUT2D eigenvalue weighted by atomic mass is 10.3. The van der Waals surface area contributed by atoms with E-state index in [0.717, 1.165) is 9.37 Å². The van der Waals surface area contributed by atoms with Crippen molar-refractivity contribution in [2.45, 2.75) is 4.90 Å². The highest BCUT2D eigenvalue weighted by Crippen LogP contribution is 2.32. The summed E-state index contributed by atoms with van der Waals surface area (Å²) in [4.78, 5) is 11.1. The third kappa shape index (κ3) is 3.64. The van der Waals surface area contributed by atoms with Gasteiger partial charge in [0, 0.05) is 15.4 Å². The molecule has 7 heteroatoms. The number of benzene rings is 2. The third-order valence-corrected chi connectivity index (χ3v) is 4.28. The van der Waals surface area contributed by atoms with E-state index >= 15 is 0 Å². The molecule has 0 saturated carbocycles. The van der Waals surface area contributed by atoms with Crippen LogP contribution in [0.15, 0.2) is 51.8 Å². The van der Waals surface area contributed by atoms with Gasteiger partial charge in [-0.2, -0.15) is 0 Å². The SMILES string of the molecule is O=[N+]([O-])c1ccc(O)c(OCSc2ccccc2Br)c1. The molecule has 0 heterocycles. The summed E-state index contributed by atoms with van der Waals surface area (Å²) in [6.07, 6.45) is 0. The number of non-ortho nitro benzene ring substituents is 1. The van der Waals surface area contributed by atoms with Crippen LogP contribution < -0.4 is 4.74 Å². The summed E-state index contributed by atoms with van der Waals surface area (Å²) in [6, 6.07) is 11.3. The number of ether oxygens (including phenoxy) is 1. The van der Waals surface area contributed by atoms with Gasteiger partial charge in [-0.3, -0.25) is 10.1 Å². The van der Waals surface area contributed by atoms with Crippen LogP contribution in [0.1, 0.15) is 0 Å². The van der Waals surface area contributed by atoms with Crippen LogP contribution in [0.4, 0.5) is 5.69 Å². The first-order chi connectivity index (χ1) is 9.58. The van der Waals surface area contributed by atoms with E-state index in [1.807, 2.05) is 24.3 Å². The Kier molecular flexibility index (Phi) is 4.86. The van der Waals surface area contributed by atoms with E-state index in [9.17, 15) is 15.2 Å². The molecular weight excluding hydrogens is 346 g/mol. The van der Waals surface area contributed by atoms with Crippen LogP contribution in [0.2, 0.25) is 0 Å². The van der Waals surface area contributed by atoms with Crippen LogP contribution in [-0.2, 0) is 0 Å². The molecule has 0 aromatic heterocycles. The average molecular weight is 356 g/mol. The molecule has 2 rings (SSSR count). The van der Waals surface area contributed by atoms with Crippen molar-refractivity contribution in [1.29, 1.82) is 0 Å². The lowest BCUT2D eigenvalue weighted by Gasteiger charge is -2.08. The molecule has 0 fully saturated rings. The topological polar surface area (TPSA) is 72.6 Å². The van der Waals surface area contributed by atoms with Crippen LogP contribution in [0.25, 0.3) is 0 Å². The highest BCUT2D eigenvalue weighted by atomic mass is 79.9. The number of nitro benzene ring substituents is 1. The molecule has 5 nitrogen and oxygen atoms in total. The van der Waals surface area contributed by atoms with Gasteiger partial charge in [-0.1, -0.05) is 23.9 Å². The molecule has 0 amide bonds. The summed E-state index contributed by atoms with van der Waals surface area (Å²) in [5.74, 6) is 0.208. The van der Waals surface area contributed by atoms with Gasteiger partial charge in [0.05, 0.1) is 11.0 Å². The van der Waals surface area contributed by atoms with E-state index in [1.165, 1.54) is 30.0 Å². The normalized spacial score (nSPS) is 10.2. The van der Waals surface area contributed by atoms with Crippen molar-refractivity contribution in [1.82, 2.24) is 0 Å². The average Bonchev–Trinajstić information content (AvgIpc) is 2.42. The number of hydrogen-bond donors (Lipinski definition) is 1. The molecule has 0 spiro atoms. The van der Waals surface area contributed by atoms with Crippen LogP contribution in [0.5, 0.6) is 11.5 Å². The van der Waals surface area contributed by atoms with Gasteiger partial charge in [-0.05, 0) is 34.1 Å². The van der Waals surface area contributed by atoms with E-state index < -0.39 is 4.92 Å². The predicted octanol–water partition coefficient (Wildman–Crippen LogP) is 4.19. The molecule has 1 N–H and O–H groups in total. The Morgan fingerprint density at radius 2 is 2.05 bits per heavy atom. The molecule has 0 aliphatic heterocycles. The minimum Gasteiger partial charge on any atom is -0.504 e. The van der Waals surface area contributed by atoms with Gasteiger partial charge < -0.3 is 9.84 Å². The third-order valence-electron chi connectivity index (χ3n) is 2.42. The van der Waals surface area contributed by atoms with Gasteiger partial charge in [0.15, 0.2) is 11.5 Å². The highest BCUT2D eigenvalue weighted by molar-refractivity contribution is 9.10. The van der Waals surface area contributed by atoms with Crippen LogP contribution >= 0.6 is 27.7 Å². The van der Waals surface area contributed by atoms with Crippen LogP contribution in [-0.4, -0.2) is 16.0 Å². The van der Waals surface area contributed by atoms with Gasteiger partial charge in [0.2, 0.25) is 0 Å². The first kappa shape index (κ1) is 14.7. The molecule has 0 aliphatic carbocycles. The number of hydrogen-bond acceptors (Lipinski definition) is 5. The predicted molar refractivity (Wildman–Crippen MR) is 80.3 cm³/mol. The number of phenolic OH excluding ortho intramolecular Hbond substituents is 1. The van der Waals surface area contributed by atoms with Gasteiger partial charge in [0.1, 0.15) is 5.94 Å². The first-order valence-electron chi connectivity index (χ1n) is 5.55. The quantitative estimate of drug-likeness (QED) is 0.376. The van der Waals surface area contributed by atoms with E-state index in [2.05, 4.69) is 15.9 Å². The summed E-state index contributed by atoms with van der Waals surface area (Å²) < 4.78 is 6.32. The number of aromatic hydroxyl groups is 1. The maximum atomic E-state index is 10.7. The Morgan fingerprint density at radius 1 is 1.30 bits per heavy atom. The fourth-order valence-electron chi connectivity index (χ4n) is 1.45. The second-order valence-electron chi connectivity index (χ2n) is 3.75. The Labute approximate surface area is 127 Å². The van der Waals surface area contributed by atoms with Crippen molar-refractivity contribution >= 4 is 33.4 Å². The van der Waals surface area contributed by atoms with Crippen LogP contribution in [0.3, 0.4) is 0 Å². The highest BCUT2D eigenvalue weighted by Gasteiger charge is 2.11. The number of nitrogens with zero attached hydrogens (tertiary/aromatic N) is 1. The van der Waals surface area contributed by atoms with Gasteiger partial charge in [-0.15, -0.1) is 0 Å². The number of phenols is 1. The van der Waals surface area contributed by atoms with Gasteiger partial charge in [0.25, 0.3) is 5.69 Å². The number of halogens is 1. The summed E-state index contributed by atoms with van der Waals surface area (Å²) in [6.45, 7) is 0. The summed E-state index contributed by atoms with van der Waals surface area (Å²) in [7, 11) is 0. The van der Waals surface area contributed by atoms with Crippen molar-refractivity contribution < 1.29 is 14.8 Å². The van der Waals surface area contributed by atoms with E-state index in [1.54, 1.807) is 0 Å².